The van der Waals surface area contributed by atoms with Crippen LogP contribution in [0.1, 0.15) is 17.5 Å². The first-order chi connectivity index (χ1) is 9.08. The highest BCUT2D eigenvalue weighted by Gasteiger charge is 2.38. The van der Waals surface area contributed by atoms with Gasteiger partial charge in [0.2, 0.25) is 0 Å². The number of ether oxygens (including phenoxy) is 1. The molecule has 6 nitrogen and oxygen atoms in total. The quantitative estimate of drug-likeness (QED) is 0.871. The number of carbonyl (C=O) groups is 1. The molecule has 1 fully saturated rings. The normalized spacial score (nSPS) is 22.3. The molecule has 1 aliphatic rings. The van der Waals surface area contributed by atoms with Gasteiger partial charge in [0.15, 0.2) is 0 Å². The third-order valence-electron chi connectivity index (χ3n) is 3.40. The second-order valence-corrected chi connectivity index (χ2v) is 4.54. The summed E-state index contributed by atoms with van der Waals surface area (Å²) in [6.07, 6.45) is 1.83. The van der Waals surface area contributed by atoms with Gasteiger partial charge in [0.25, 0.3) is 0 Å². The summed E-state index contributed by atoms with van der Waals surface area (Å²) in [6.45, 7) is 2.24. The average molecular weight is 261 g/mol. The number of hydrogen-bond acceptors (Lipinski definition) is 5. The number of carboxylic acid groups (broad SMARTS) is 1. The Morgan fingerprint density at radius 3 is 3.00 bits per heavy atom. The van der Waals surface area contributed by atoms with Gasteiger partial charge >= 0.3 is 5.97 Å². The maximum absolute atomic E-state index is 11.3. The fourth-order valence-corrected chi connectivity index (χ4v) is 2.34. The third-order valence-corrected chi connectivity index (χ3v) is 3.40. The monoisotopic (exact) mass is 261 g/mol. The highest BCUT2D eigenvalue weighted by atomic mass is 16.5. The summed E-state index contributed by atoms with van der Waals surface area (Å²) in [5.41, 5.74) is 1.21. The largest absolute Gasteiger partial charge is 0.480 e. The molecule has 1 N–H and O–H groups in total. The molecular weight excluding hydrogens is 246 g/mol. The maximum Gasteiger partial charge on any atom is 0.326 e. The van der Waals surface area contributed by atoms with E-state index in [9.17, 15) is 15.2 Å². The number of methoxy groups -OCH3 is 1. The molecule has 1 aromatic rings. The van der Waals surface area contributed by atoms with Gasteiger partial charge in [-0.05, 0) is 18.6 Å². The fourth-order valence-electron chi connectivity index (χ4n) is 2.34. The fraction of sp³-hybridized carbons (Fsp3) is 0.462. The average Bonchev–Trinajstić information content (AvgIpc) is 2.82. The third kappa shape index (κ3) is 2.37. The van der Waals surface area contributed by atoms with Crippen molar-refractivity contribution in [1.29, 1.82) is 5.26 Å². The SMILES string of the molecule is COC1CC(C(=O)O)N(c2nccc(C)c2C#N)C1. The van der Waals surface area contributed by atoms with Crippen molar-refractivity contribution in [2.24, 2.45) is 0 Å². The molecule has 0 bridgehead atoms. The molecule has 2 heterocycles. The molecule has 1 aromatic heterocycles. The highest BCUT2D eigenvalue weighted by Crippen LogP contribution is 2.29. The molecule has 100 valence electrons. The van der Waals surface area contributed by atoms with Crippen LogP contribution in [0.25, 0.3) is 0 Å². The molecule has 6 heteroatoms. The Labute approximate surface area is 111 Å². The van der Waals surface area contributed by atoms with E-state index in [1.165, 1.54) is 0 Å². The van der Waals surface area contributed by atoms with Crippen molar-refractivity contribution in [2.75, 3.05) is 18.6 Å². The van der Waals surface area contributed by atoms with Crippen LogP contribution in [0.15, 0.2) is 12.3 Å². The number of aromatic nitrogens is 1. The summed E-state index contributed by atoms with van der Waals surface area (Å²) >= 11 is 0. The van der Waals surface area contributed by atoms with Crippen LogP contribution in [0.2, 0.25) is 0 Å². The zero-order chi connectivity index (χ0) is 14.0. The van der Waals surface area contributed by atoms with E-state index < -0.39 is 12.0 Å². The molecule has 0 aromatic carbocycles. The van der Waals surface area contributed by atoms with E-state index in [0.717, 1.165) is 5.56 Å². The Kier molecular flexibility index (Phi) is 3.67. The van der Waals surface area contributed by atoms with E-state index in [0.29, 0.717) is 24.3 Å². The van der Waals surface area contributed by atoms with Gasteiger partial charge in [-0.1, -0.05) is 0 Å². The standard InChI is InChI=1S/C13H15N3O3/c1-8-3-4-15-12(10(8)6-14)16-7-9(19-2)5-11(16)13(17)18/h3-4,9,11H,5,7H2,1-2H3,(H,17,18). The molecule has 2 unspecified atom stereocenters. The Morgan fingerprint density at radius 1 is 1.68 bits per heavy atom. The molecule has 19 heavy (non-hydrogen) atoms. The number of aliphatic carboxylic acids is 1. The van der Waals surface area contributed by atoms with Gasteiger partial charge in [0, 0.05) is 26.3 Å². The van der Waals surface area contributed by atoms with E-state index >= 15 is 0 Å². The number of anilines is 1. The molecule has 0 radical (unpaired) electrons. The van der Waals surface area contributed by atoms with Crippen LogP contribution in [-0.4, -0.2) is 41.9 Å². The van der Waals surface area contributed by atoms with Gasteiger partial charge in [-0.3, -0.25) is 0 Å². The van der Waals surface area contributed by atoms with Gasteiger partial charge in [0.05, 0.1) is 11.7 Å². The van der Waals surface area contributed by atoms with Crippen molar-refractivity contribution in [3.05, 3.63) is 23.4 Å². The number of aryl methyl sites for hydroxylation is 1. The van der Waals surface area contributed by atoms with Crippen molar-refractivity contribution >= 4 is 11.8 Å². The second kappa shape index (κ2) is 5.24. The minimum atomic E-state index is -0.924. The van der Waals surface area contributed by atoms with Gasteiger partial charge in [-0.2, -0.15) is 5.26 Å². The number of hydrogen-bond donors (Lipinski definition) is 1. The summed E-state index contributed by atoms with van der Waals surface area (Å²) in [7, 11) is 1.56. The molecule has 0 aliphatic carbocycles. The van der Waals surface area contributed by atoms with E-state index in [-0.39, 0.29) is 6.10 Å². The van der Waals surface area contributed by atoms with Crippen molar-refractivity contribution in [3.63, 3.8) is 0 Å². The Hall–Kier alpha value is -2.13. The summed E-state index contributed by atoms with van der Waals surface area (Å²) in [4.78, 5) is 17.1. The number of pyridine rings is 1. The van der Waals surface area contributed by atoms with E-state index in [1.54, 1.807) is 24.3 Å². The molecule has 0 spiro atoms. The predicted octanol–water partition coefficient (Wildman–Crippen LogP) is 0.940. The van der Waals surface area contributed by atoms with Gasteiger partial charge in [-0.25, -0.2) is 9.78 Å². The first kappa shape index (κ1) is 13.3. The van der Waals surface area contributed by atoms with Crippen LogP contribution >= 0.6 is 0 Å². The second-order valence-electron chi connectivity index (χ2n) is 4.54. The lowest BCUT2D eigenvalue weighted by Crippen LogP contribution is -2.37. The van der Waals surface area contributed by atoms with Crippen LogP contribution in [0.4, 0.5) is 5.82 Å². The Bertz CT molecular complexity index is 538. The first-order valence-corrected chi connectivity index (χ1v) is 5.96. The molecule has 1 aliphatic heterocycles. The highest BCUT2D eigenvalue weighted by molar-refractivity contribution is 5.79. The van der Waals surface area contributed by atoms with Crippen molar-refractivity contribution in [2.45, 2.75) is 25.5 Å². The zero-order valence-electron chi connectivity index (χ0n) is 10.8. The summed E-state index contributed by atoms with van der Waals surface area (Å²) in [5.74, 6) is -0.499. The molecule has 2 atom stereocenters. The molecule has 1 saturated heterocycles. The van der Waals surface area contributed by atoms with Crippen LogP contribution in [0.3, 0.4) is 0 Å². The lowest BCUT2D eigenvalue weighted by molar-refractivity contribution is -0.138. The number of nitriles is 1. The van der Waals surface area contributed by atoms with Crippen molar-refractivity contribution < 1.29 is 14.6 Å². The summed E-state index contributed by atoms with van der Waals surface area (Å²) in [6, 6.07) is 3.13. The van der Waals surface area contributed by atoms with Crippen LogP contribution in [0, 0.1) is 18.3 Å². The van der Waals surface area contributed by atoms with Crippen LogP contribution in [-0.2, 0) is 9.53 Å². The van der Waals surface area contributed by atoms with Gasteiger partial charge in [0.1, 0.15) is 17.9 Å². The van der Waals surface area contributed by atoms with Crippen molar-refractivity contribution in [3.8, 4) is 6.07 Å². The van der Waals surface area contributed by atoms with E-state index in [1.807, 2.05) is 6.92 Å². The maximum atomic E-state index is 11.3. The van der Waals surface area contributed by atoms with Crippen molar-refractivity contribution in [1.82, 2.24) is 4.98 Å². The minimum absolute atomic E-state index is 0.157. The van der Waals surface area contributed by atoms with Crippen LogP contribution < -0.4 is 4.90 Å². The Balaban J connectivity index is 2.43. The number of carboxylic acids is 1. The topological polar surface area (TPSA) is 86.5 Å². The lowest BCUT2D eigenvalue weighted by Gasteiger charge is -2.23. The summed E-state index contributed by atoms with van der Waals surface area (Å²) in [5, 5.41) is 18.5. The van der Waals surface area contributed by atoms with E-state index in [4.69, 9.17) is 4.74 Å². The lowest BCUT2D eigenvalue weighted by atomic mass is 10.1. The Morgan fingerprint density at radius 2 is 2.42 bits per heavy atom. The summed E-state index contributed by atoms with van der Waals surface area (Å²) < 4.78 is 5.23. The van der Waals surface area contributed by atoms with Gasteiger partial charge < -0.3 is 14.7 Å². The van der Waals surface area contributed by atoms with Crippen LogP contribution in [0.5, 0.6) is 0 Å². The minimum Gasteiger partial charge on any atom is -0.480 e. The number of nitrogens with zero attached hydrogens (tertiary/aromatic N) is 3. The molecule has 0 saturated carbocycles. The number of rotatable bonds is 3. The smallest absolute Gasteiger partial charge is 0.326 e. The zero-order valence-corrected chi connectivity index (χ0v) is 10.8. The first-order valence-electron chi connectivity index (χ1n) is 5.96. The molecular formula is C13H15N3O3. The van der Waals surface area contributed by atoms with Gasteiger partial charge in [-0.15, -0.1) is 0 Å². The predicted molar refractivity (Wildman–Crippen MR) is 67.9 cm³/mol. The molecule has 0 amide bonds. The molecule has 2 rings (SSSR count). The van der Waals surface area contributed by atoms with E-state index in [2.05, 4.69) is 11.1 Å².